The van der Waals surface area contributed by atoms with Crippen molar-refractivity contribution in [1.29, 1.82) is 0 Å². The number of fused-ring (bicyclic) bond motifs is 2. The summed E-state index contributed by atoms with van der Waals surface area (Å²) in [5, 5.41) is 14.3. The molecule has 3 aromatic carbocycles. The number of nitrogens with zero attached hydrogens (tertiary/aromatic N) is 1. The van der Waals surface area contributed by atoms with Crippen molar-refractivity contribution in [1.82, 2.24) is 4.98 Å². The van der Waals surface area contributed by atoms with Crippen molar-refractivity contribution >= 4 is 34.9 Å². The second-order valence-electron chi connectivity index (χ2n) is 10.4. The van der Waals surface area contributed by atoms with Gasteiger partial charge in [0.05, 0.1) is 0 Å². The minimum atomic E-state index is -1.06. The topological polar surface area (TPSA) is 71.5 Å². The Morgan fingerprint density at radius 2 is 1.69 bits per heavy atom. The van der Waals surface area contributed by atoms with Crippen molar-refractivity contribution < 1.29 is 14.6 Å². The molecule has 0 bridgehead atoms. The summed E-state index contributed by atoms with van der Waals surface area (Å²) in [4.78, 5) is 16.7. The Bertz CT molecular complexity index is 1540. The Balaban J connectivity index is 1.30. The highest BCUT2D eigenvalue weighted by atomic mass is 35.5. The number of carbonyl (C=O) groups is 1. The lowest BCUT2D eigenvalue weighted by Crippen LogP contribution is -2.52. The fourth-order valence-corrected chi connectivity index (χ4v) is 6.32. The smallest absolute Gasteiger partial charge is 0.329 e. The molecule has 1 fully saturated rings. The minimum Gasteiger partial charge on any atom is -0.489 e. The number of aromatic nitrogens is 1. The largest absolute Gasteiger partial charge is 0.489 e. The van der Waals surface area contributed by atoms with Gasteiger partial charge in [-0.05, 0) is 102 Å². The van der Waals surface area contributed by atoms with Gasteiger partial charge in [-0.15, -0.1) is 0 Å². The van der Waals surface area contributed by atoms with Crippen LogP contribution in [-0.2, 0) is 16.8 Å². The molecule has 5 nitrogen and oxygen atoms in total. The van der Waals surface area contributed by atoms with Gasteiger partial charge in [0.25, 0.3) is 0 Å². The van der Waals surface area contributed by atoms with Crippen LogP contribution < -0.4 is 10.1 Å². The predicted molar refractivity (Wildman–Crippen MR) is 155 cm³/mol. The SMILES string of the molecule is O=C(O)C1(Nc2cccc(Cl)c2)CCC2(CC1)C(c1cccc(OCc3ccncc3)c1)=Cc1ccccc12. The van der Waals surface area contributed by atoms with Crippen LogP contribution in [0.2, 0.25) is 5.02 Å². The molecule has 196 valence electrons. The lowest BCUT2D eigenvalue weighted by Gasteiger charge is -2.45. The summed E-state index contributed by atoms with van der Waals surface area (Å²) < 4.78 is 6.13. The number of rotatable bonds is 7. The van der Waals surface area contributed by atoms with Crippen molar-refractivity contribution in [3.05, 3.63) is 125 Å². The van der Waals surface area contributed by atoms with Crippen molar-refractivity contribution in [3.63, 3.8) is 0 Å². The van der Waals surface area contributed by atoms with Gasteiger partial charge in [0, 0.05) is 28.5 Å². The summed E-state index contributed by atoms with van der Waals surface area (Å²) in [6.07, 6.45) is 8.18. The average Bonchev–Trinajstić information content (AvgIpc) is 3.28. The number of hydrogen-bond donors (Lipinski definition) is 2. The first-order valence-corrected chi connectivity index (χ1v) is 13.6. The van der Waals surface area contributed by atoms with Crippen molar-refractivity contribution in [2.24, 2.45) is 0 Å². The number of hydrogen-bond acceptors (Lipinski definition) is 4. The van der Waals surface area contributed by atoms with Gasteiger partial charge in [-0.1, -0.05) is 54.1 Å². The van der Waals surface area contributed by atoms with Crippen LogP contribution >= 0.6 is 11.6 Å². The van der Waals surface area contributed by atoms with E-state index in [4.69, 9.17) is 16.3 Å². The molecule has 6 heteroatoms. The molecule has 2 aliphatic carbocycles. The number of anilines is 1. The lowest BCUT2D eigenvalue weighted by atomic mass is 9.61. The Hall–Kier alpha value is -4.09. The molecule has 39 heavy (non-hydrogen) atoms. The molecule has 0 aliphatic heterocycles. The third kappa shape index (κ3) is 4.79. The molecule has 4 aromatic rings. The highest BCUT2D eigenvalue weighted by Gasteiger charge is 2.51. The Kier molecular flexibility index (Phi) is 6.61. The average molecular weight is 537 g/mol. The third-order valence-electron chi connectivity index (χ3n) is 8.17. The molecule has 1 saturated carbocycles. The number of nitrogens with one attached hydrogen (secondary N) is 1. The third-order valence-corrected chi connectivity index (χ3v) is 8.40. The molecule has 0 unspecified atom stereocenters. The van der Waals surface area contributed by atoms with Gasteiger partial charge >= 0.3 is 5.97 Å². The molecular weight excluding hydrogens is 508 g/mol. The first kappa shape index (κ1) is 25.2. The molecule has 1 heterocycles. The summed E-state index contributed by atoms with van der Waals surface area (Å²) in [6, 6.07) is 27.9. The van der Waals surface area contributed by atoms with Crippen LogP contribution in [-0.4, -0.2) is 21.6 Å². The molecule has 0 atom stereocenters. The van der Waals surface area contributed by atoms with Crippen molar-refractivity contribution in [3.8, 4) is 5.75 Å². The van der Waals surface area contributed by atoms with Gasteiger partial charge in [0.1, 0.15) is 17.9 Å². The van der Waals surface area contributed by atoms with Gasteiger partial charge < -0.3 is 15.2 Å². The standard InChI is InChI=1S/C33H29ClN2O3/c34-26-7-4-8-27(21-26)36-33(31(37)38)15-13-32(14-16-33)29-10-2-1-5-25(29)20-30(32)24-6-3-9-28(19-24)39-22-23-11-17-35-18-12-23/h1-12,17-21,36H,13-16,22H2,(H,37,38). The molecular formula is C33H29ClN2O3. The number of benzene rings is 3. The Morgan fingerprint density at radius 3 is 2.46 bits per heavy atom. The van der Waals surface area contributed by atoms with Gasteiger partial charge in [-0.25, -0.2) is 4.79 Å². The molecule has 1 spiro atoms. The van der Waals surface area contributed by atoms with Crippen molar-refractivity contribution in [2.45, 2.75) is 43.2 Å². The zero-order chi connectivity index (χ0) is 26.9. The first-order chi connectivity index (χ1) is 19.0. The molecule has 0 saturated heterocycles. The zero-order valence-electron chi connectivity index (χ0n) is 21.4. The van der Waals surface area contributed by atoms with Crippen molar-refractivity contribution in [2.75, 3.05) is 5.32 Å². The van der Waals surface area contributed by atoms with Gasteiger partial charge in [-0.3, -0.25) is 4.98 Å². The number of carboxylic acid groups (broad SMARTS) is 1. The lowest BCUT2D eigenvalue weighted by molar-refractivity contribution is -0.143. The van der Waals surface area contributed by atoms with E-state index in [2.05, 4.69) is 52.8 Å². The number of aliphatic carboxylic acids is 1. The van der Waals surface area contributed by atoms with Crippen LogP contribution in [0.25, 0.3) is 11.6 Å². The monoisotopic (exact) mass is 536 g/mol. The summed E-state index contributed by atoms with van der Waals surface area (Å²) in [5.41, 5.74) is 5.24. The molecule has 2 aliphatic rings. The number of ether oxygens (including phenoxy) is 1. The first-order valence-electron chi connectivity index (χ1n) is 13.2. The Morgan fingerprint density at radius 1 is 0.923 bits per heavy atom. The van der Waals surface area contributed by atoms with E-state index in [0.29, 0.717) is 37.3 Å². The van der Waals surface area contributed by atoms with Crippen LogP contribution in [0, 0.1) is 0 Å². The second-order valence-corrected chi connectivity index (χ2v) is 10.9. The van der Waals surface area contributed by atoms with E-state index in [1.54, 1.807) is 24.5 Å². The van der Waals surface area contributed by atoms with Crippen LogP contribution in [0.15, 0.2) is 97.3 Å². The van der Waals surface area contributed by atoms with E-state index in [1.807, 2.05) is 36.4 Å². The molecule has 1 aromatic heterocycles. The minimum absolute atomic E-state index is 0.269. The zero-order valence-corrected chi connectivity index (χ0v) is 22.2. The van der Waals surface area contributed by atoms with E-state index in [-0.39, 0.29) is 5.41 Å². The van der Waals surface area contributed by atoms with Gasteiger partial charge in [-0.2, -0.15) is 0 Å². The number of allylic oxidation sites excluding steroid dienone is 1. The maximum absolute atomic E-state index is 12.7. The molecule has 0 amide bonds. The van der Waals surface area contributed by atoms with Crippen LogP contribution in [0.3, 0.4) is 0 Å². The molecule has 0 radical (unpaired) electrons. The second kappa shape index (κ2) is 10.2. The summed E-state index contributed by atoms with van der Waals surface area (Å²) in [7, 11) is 0. The van der Waals surface area contributed by atoms with E-state index in [1.165, 1.54) is 16.7 Å². The predicted octanol–water partition coefficient (Wildman–Crippen LogP) is 7.62. The van der Waals surface area contributed by atoms with E-state index < -0.39 is 11.5 Å². The number of pyridine rings is 1. The fourth-order valence-electron chi connectivity index (χ4n) is 6.13. The molecule has 2 N–H and O–H groups in total. The van der Waals surface area contributed by atoms with Gasteiger partial charge in [0.2, 0.25) is 0 Å². The van der Waals surface area contributed by atoms with Crippen LogP contribution in [0.1, 0.15) is 47.9 Å². The molecule has 6 rings (SSSR count). The van der Waals surface area contributed by atoms with E-state index in [9.17, 15) is 9.90 Å². The van der Waals surface area contributed by atoms with E-state index in [0.717, 1.165) is 22.6 Å². The van der Waals surface area contributed by atoms with E-state index >= 15 is 0 Å². The summed E-state index contributed by atoms with van der Waals surface area (Å²) in [5.74, 6) is -0.0321. The quantitative estimate of drug-likeness (QED) is 0.254. The van der Waals surface area contributed by atoms with Crippen LogP contribution in [0.4, 0.5) is 5.69 Å². The normalized spacial score (nSPS) is 21.7. The number of halogens is 1. The highest BCUT2D eigenvalue weighted by Crippen LogP contribution is 2.56. The van der Waals surface area contributed by atoms with Crippen LogP contribution in [0.5, 0.6) is 5.75 Å². The maximum atomic E-state index is 12.7. The maximum Gasteiger partial charge on any atom is 0.329 e. The fraction of sp³-hybridized carbons (Fsp3) is 0.212. The Labute approximate surface area is 233 Å². The summed E-state index contributed by atoms with van der Waals surface area (Å²) in [6.45, 7) is 0.465. The van der Waals surface area contributed by atoms with Gasteiger partial charge in [0.15, 0.2) is 0 Å². The number of carboxylic acids is 1. The highest BCUT2D eigenvalue weighted by molar-refractivity contribution is 6.30. The summed E-state index contributed by atoms with van der Waals surface area (Å²) >= 11 is 6.19.